The second-order valence-electron chi connectivity index (χ2n) is 3.50. The lowest BCUT2D eigenvalue weighted by atomic mass is 10.2. The van der Waals surface area contributed by atoms with Gasteiger partial charge >= 0.3 is 0 Å². The standard InChI is InChI=1S/C12H10BrN3OS/c1-8-15-16-12(18-8)14-11(17)6-5-9-3-2-4-10(13)7-9/h2-7H,1H3,(H,14,16,17). The summed E-state index contributed by atoms with van der Waals surface area (Å²) in [5.41, 5.74) is 0.952. The maximum Gasteiger partial charge on any atom is 0.250 e. The Balaban J connectivity index is 1.99. The van der Waals surface area contributed by atoms with E-state index in [9.17, 15) is 4.79 Å². The molecule has 2 aromatic rings. The zero-order valence-electron chi connectivity index (χ0n) is 9.55. The fourth-order valence-corrected chi connectivity index (χ4v) is 2.29. The van der Waals surface area contributed by atoms with E-state index < -0.39 is 0 Å². The van der Waals surface area contributed by atoms with Crippen molar-refractivity contribution in [2.45, 2.75) is 6.92 Å². The number of benzene rings is 1. The number of anilines is 1. The molecule has 1 aromatic carbocycles. The van der Waals surface area contributed by atoms with Crippen LogP contribution < -0.4 is 5.32 Å². The number of nitrogens with zero attached hydrogens (tertiary/aromatic N) is 2. The molecule has 0 aliphatic carbocycles. The molecule has 0 bridgehead atoms. The lowest BCUT2D eigenvalue weighted by Gasteiger charge is -1.96. The zero-order chi connectivity index (χ0) is 13.0. The molecule has 2 rings (SSSR count). The van der Waals surface area contributed by atoms with Crippen LogP contribution in [0.5, 0.6) is 0 Å². The molecular weight excluding hydrogens is 314 g/mol. The smallest absolute Gasteiger partial charge is 0.250 e. The summed E-state index contributed by atoms with van der Waals surface area (Å²) in [7, 11) is 0. The third kappa shape index (κ3) is 3.75. The first-order valence-corrected chi connectivity index (χ1v) is 6.79. The fourth-order valence-electron chi connectivity index (χ4n) is 1.28. The lowest BCUT2D eigenvalue weighted by Crippen LogP contribution is -2.07. The van der Waals surface area contributed by atoms with Crippen LogP contribution in [0, 0.1) is 6.92 Å². The molecule has 18 heavy (non-hydrogen) atoms. The minimum absolute atomic E-state index is 0.217. The molecule has 0 atom stereocenters. The van der Waals surface area contributed by atoms with Crippen molar-refractivity contribution in [1.29, 1.82) is 0 Å². The quantitative estimate of drug-likeness (QED) is 0.882. The third-order valence-electron chi connectivity index (χ3n) is 2.03. The molecule has 0 radical (unpaired) electrons. The summed E-state index contributed by atoms with van der Waals surface area (Å²) in [4.78, 5) is 11.6. The molecule has 4 nitrogen and oxygen atoms in total. The van der Waals surface area contributed by atoms with E-state index in [1.165, 1.54) is 17.4 Å². The van der Waals surface area contributed by atoms with Crippen LogP contribution in [0.3, 0.4) is 0 Å². The maximum atomic E-state index is 11.6. The highest BCUT2D eigenvalue weighted by molar-refractivity contribution is 9.10. The van der Waals surface area contributed by atoms with E-state index in [1.54, 1.807) is 6.08 Å². The molecule has 92 valence electrons. The van der Waals surface area contributed by atoms with Crippen LogP contribution in [-0.4, -0.2) is 16.1 Å². The van der Waals surface area contributed by atoms with Gasteiger partial charge in [-0.15, -0.1) is 10.2 Å². The Morgan fingerprint density at radius 1 is 1.44 bits per heavy atom. The average Bonchev–Trinajstić information content (AvgIpc) is 2.72. The first-order chi connectivity index (χ1) is 8.63. The topological polar surface area (TPSA) is 54.9 Å². The van der Waals surface area contributed by atoms with Gasteiger partial charge in [-0.05, 0) is 30.7 Å². The van der Waals surface area contributed by atoms with Crippen LogP contribution in [0.2, 0.25) is 0 Å². The predicted molar refractivity (Wildman–Crippen MR) is 76.5 cm³/mol. The van der Waals surface area contributed by atoms with Gasteiger partial charge in [0.15, 0.2) is 0 Å². The molecule has 0 aliphatic rings. The number of halogens is 1. The number of aromatic nitrogens is 2. The van der Waals surface area contributed by atoms with Gasteiger partial charge in [0.1, 0.15) is 5.01 Å². The van der Waals surface area contributed by atoms with Crippen LogP contribution in [0.1, 0.15) is 10.6 Å². The summed E-state index contributed by atoms with van der Waals surface area (Å²) in [6.07, 6.45) is 3.21. The summed E-state index contributed by atoms with van der Waals surface area (Å²) in [6.45, 7) is 1.84. The summed E-state index contributed by atoms with van der Waals surface area (Å²) in [5, 5.41) is 11.6. The highest BCUT2D eigenvalue weighted by atomic mass is 79.9. The zero-order valence-corrected chi connectivity index (χ0v) is 12.0. The van der Waals surface area contributed by atoms with Gasteiger partial charge in [-0.2, -0.15) is 0 Å². The molecule has 0 saturated carbocycles. The van der Waals surface area contributed by atoms with Gasteiger partial charge in [-0.3, -0.25) is 10.1 Å². The molecule has 0 spiro atoms. The van der Waals surface area contributed by atoms with Gasteiger partial charge in [-0.25, -0.2) is 0 Å². The van der Waals surface area contributed by atoms with Crippen molar-refractivity contribution in [2.75, 3.05) is 5.32 Å². The van der Waals surface area contributed by atoms with Gasteiger partial charge < -0.3 is 0 Å². The van der Waals surface area contributed by atoms with E-state index in [4.69, 9.17) is 0 Å². The van der Waals surface area contributed by atoms with E-state index >= 15 is 0 Å². The molecule has 1 N–H and O–H groups in total. The van der Waals surface area contributed by atoms with Gasteiger partial charge in [0.25, 0.3) is 0 Å². The largest absolute Gasteiger partial charge is 0.297 e. The van der Waals surface area contributed by atoms with Gasteiger partial charge in [0, 0.05) is 10.5 Å². The number of rotatable bonds is 3. The number of carbonyl (C=O) groups is 1. The summed E-state index contributed by atoms with van der Waals surface area (Å²) >= 11 is 4.72. The van der Waals surface area contributed by atoms with Gasteiger partial charge in [0.05, 0.1) is 0 Å². The number of nitrogens with one attached hydrogen (secondary N) is 1. The van der Waals surface area contributed by atoms with Crippen molar-refractivity contribution in [2.24, 2.45) is 0 Å². The minimum atomic E-state index is -0.217. The highest BCUT2D eigenvalue weighted by Gasteiger charge is 2.02. The maximum absolute atomic E-state index is 11.6. The highest BCUT2D eigenvalue weighted by Crippen LogP contribution is 2.14. The normalized spacial score (nSPS) is 10.8. The second kappa shape index (κ2) is 5.88. The third-order valence-corrected chi connectivity index (χ3v) is 3.28. The van der Waals surface area contributed by atoms with Crippen LogP contribution >= 0.6 is 27.3 Å². The van der Waals surface area contributed by atoms with E-state index in [2.05, 4.69) is 31.4 Å². The van der Waals surface area contributed by atoms with E-state index in [1.807, 2.05) is 31.2 Å². The number of hydrogen-bond donors (Lipinski definition) is 1. The minimum Gasteiger partial charge on any atom is -0.297 e. The monoisotopic (exact) mass is 323 g/mol. The molecule has 1 aromatic heterocycles. The molecule has 1 heterocycles. The molecule has 6 heteroatoms. The van der Waals surface area contributed by atoms with Crippen molar-refractivity contribution in [3.63, 3.8) is 0 Å². The van der Waals surface area contributed by atoms with Crippen LogP contribution in [0.15, 0.2) is 34.8 Å². The Bertz CT molecular complexity index is 595. The first-order valence-electron chi connectivity index (χ1n) is 5.18. The van der Waals surface area contributed by atoms with Crippen molar-refractivity contribution in [3.05, 3.63) is 45.4 Å². The molecule has 0 aliphatic heterocycles. The summed E-state index contributed by atoms with van der Waals surface area (Å²) in [5.74, 6) is -0.217. The average molecular weight is 324 g/mol. The van der Waals surface area contributed by atoms with E-state index in [-0.39, 0.29) is 5.91 Å². The SMILES string of the molecule is Cc1nnc(NC(=O)C=Cc2cccc(Br)c2)s1. The Morgan fingerprint density at radius 3 is 2.94 bits per heavy atom. The number of carbonyl (C=O) groups excluding carboxylic acids is 1. The molecule has 0 fully saturated rings. The second-order valence-corrected chi connectivity index (χ2v) is 5.60. The molecular formula is C12H10BrN3OS. The van der Waals surface area contributed by atoms with E-state index in [0.717, 1.165) is 15.0 Å². The summed E-state index contributed by atoms with van der Waals surface area (Å²) in [6, 6.07) is 7.69. The predicted octanol–water partition coefficient (Wildman–Crippen LogP) is 3.26. The Hall–Kier alpha value is -1.53. The summed E-state index contributed by atoms with van der Waals surface area (Å²) < 4.78 is 0.977. The Labute approximate surface area is 117 Å². The van der Waals surface area contributed by atoms with Crippen LogP contribution in [0.4, 0.5) is 5.13 Å². The lowest BCUT2D eigenvalue weighted by molar-refractivity contribution is -0.111. The van der Waals surface area contributed by atoms with Crippen molar-refractivity contribution in [1.82, 2.24) is 10.2 Å². The van der Waals surface area contributed by atoms with E-state index in [0.29, 0.717) is 5.13 Å². The first kappa shape index (κ1) is 12.9. The molecule has 0 unspecified atom stereocenters. The van der Waals surface area contributed by atoms with Crippen molar-refractivity contribution in [3.8, 4) is 0 Å². The number of aryl methyl sites for hydroxylation is 1. The number of amides is 1. The Kier molecular flexibility index (Phi) is 4.22. The van der Waals surface area contributed by atoms with Crippen molar-refractivity contribution < 1.29 is 4.79 Å². The van der Waals surface area contributed by atoms with Gasteiger partial charge in [0.2, 0.25) is 11.0 Å². The van der Waals surface area contributed by atoms with Crippen LogP contribution in [-0.2, 0) is 4.79 Å². The van der Waals surface area contributed by atoms with Crippen molar-refractivity contribution >= 4 is 44.4 Å². The number of hydrogen-bond acceptors (Lipinski definition) is 4. The fraction of sp³-hybridized carbons (Fsp3) is 0.0833. The van der Waals surface area contributed by atoms with Crippen LogP contribution in [0.25, 0.3) is 6.08 Å². The molecule has 0 saturated heterocycles. The molecule has 1 amide bonds. The van der Waals surface area contributed by atoms with Gasteiger partial charge in [-0.1, -0.05) is 39.4 Å². The Morgan fingerprint density at radius 2 is 2.28 bits per heavy atom.